The summed E-state index contributed by atoms with van der Waals surface area (Å²) in [7, 11) is 0. The smallest absolute Gasteiger partial charge is 0.271 e. The average molecular weight is 266 g/mol. The van der Waals surface area contributed by atoms with Gasteiger partial charge in [-0.2, -0.15) is 0 Å². The molecule has 19 heavy (non-hydrogen) atoms. The Labute approximate surface area is 113 Å². The van der Waals surface area contributed by atoms with Crippen molar-refractivity contribution in [2.75, 3.05) is 37.2 Å². The first kappa shape index (κ1) is 15.2. The lowest BCUT2D eigenvalue weighted by molar-refractivity contribution is -0.384. The zero-order chi connectivity index (χ0) is 14.3. The molecule has 1 aromatic rings. The molecule has 0 unspecified atom stereocenters. The molecule has 0 saturated carbocycles. The van der Waals surface area contributed by atoms with Crippen LogP contribution in [0.3, 0.4) is 0 Å². The number of nitrogens with one attached hydrogen (secondary N) is 1. The van der Waals surface area contributed by atoms with Crippen LogP contribution in [0, 0.1) is 10.1 Å². The largest absolute Gasteiger partial charge is 0.397 e. The SMILES string of the molecule is CCCN(CC)CCNc1ccc([N+](=O)[O-])cc1N. The third-order valence-electron chi connectivity index (χ3n) is 2.98. The van der Waals surface area contributed by atoms with Crippen molar-refractivity contribution in [1.82, 2.24) is 4.90 Å². The highest BCUT2D eigenvalue weighted by atomic mass is 16.6. The van der Waals surface area contributed by atoms with E-state index >= 15 is 0 Å². The summed E-state index contributed by atoms with van der Waals surface area (Å²) in [6, 6.07) is 4.50. The Balaban J connectivity index is 2.51. The van der Waals surface area contributed by atoms with Crippen LogP contribution in [-0.2, 0) is 0 Å². The second-order valence-electron chi connectivity index (χ2n) is 4.39. The monoisotopic (exact) mass is 266 g/mol. The quantitative estimate of drug-likeness (QED) is 0.428. The molecule has 0 aromatic heterocycles. The van der Waals surface area contributed by atoms with E-state index in [-0.39, 0.29) is 5.69 Å². The molecule has 1 aromatic carbocycles. The van der Waals surface area contributed by atoms with Gasteiger partial charge in [0.25, 0.3) is 5.69 Å². The summed E-state index contributed by atoms with van der Waals surface area (Å²) >= 11 is 0. The van der Waals surface area contributed by atoms with Gasteiger partial charge in [-0.1, -0.05) is 13.8 Å². The third kappa shape index (κ3) is 4.75. The fourth-order valence-electron chi connectivity index (χ4n) is 1.92. The zero-order valence-corrected chi connectivity index (χ0v) is 11.6. The molecule has 0 amide bonds. The van der Waals surface area contributed by atoms with E-state index in [9.17, 15) is 10.1 Å². The van der Waals surface area contributed by atoms with Gasteiger partial charge in [-0.05, 0) is 25.6 Å². The van der Waals surface area contributed by atoms with Crippen molar-refractivity contribution < 1.29 is 4.92 Å². The molecule has 0 spiro atoms. The number of nitro groups is 1. The predicted molar refractivity (Wildman–Crippen MR) is 78.4 cm³/mol. The summed E-state index contributed by atoms with van der Waals surface area (Å²) in [6.07, 6.45) is 1.13. The van der Waals surface area contributed by atoms with Crippen molar-refractivity contribution in [1.29, 1.82) is 0 Å². The van der Waals surface area contributed by atoms with Crippen LogP contribution in [0.2, 0.25) is 0 Å². The van der Waals surface area contributed by atoms with Gasteiger partial charge in [-0.25, -0.2) is 0 Å². The van der Waals surface area contributed by atoms with E-state index in [0.717, 1.165) is 38.3 Å². The molecule has 0 aliphatic heterocycles. The minimum absolute atomic E-state index is 0.0178. The number of nitrogens with zero attached hydrogens (tertiary/aromatic N) is 2. The molecule has 106 valence electrons. The van der Waals surface area contributed by atoms with E-state index < -0.39 is 4.92 Å². The third-order valence-corrected chi connectivity index (χ3v) is 2.98. The van der Waals surface area contributed by atoms with Gasteiger partial charge in [-0.15, -0.1) is 0 Å². The summed E-state index contributed by atoms with van der Waals surface area (Å²) < 4.78 is 0. The highest BCUT2D eigenvalue weighted by Gasteiger charge is 2.08. The van der Waals surface area contributed by atoms with E-state index in [2.05, 4.69) is 24.1 Å². The minimum Gasteiger partial charge on any atom is -0.397 e. The standard InChI is InChI=1S/C13H22N4O2/c1-3-8-16(4-2)9-7-15-13-6-5-11(17(18)19)10-12(13)14/h5-6,10,15H,3-4,7-9,14H2,1-2H3. The van der Waals surface area contributed by atoms with Gasteiger partial charge < -0.3 is 16.0 Å². The number of likely N-dealkylation sites (N-methyl/N-ethyl adjacent to an activating group) is 1. The molecule has 6 nitrogen and oxygen atoms in total. The van der Waals surface area contributed by atoms with E-state index in [4.69, 9.17) is 5.73 Å². The Kier molecular flexibility index (Phi) is 6.08. The van der Waals surface area contributed by atoms with Gasteiger partial charge in [0, 0.05) is 25.2 Å². The lowest BCUT2D eigenvalue weighted by Crippen LogP contribution is -2.29. The number of non-ortho nitro benzene ring substituents is 1. The van der Waals surface area contributed by atoms with Crippen molar-refractivity contribution in [3.63, 3.8) is 0 Å². The van der Waals surface area contributed by atoms with Gasteiger partial charge >= 0.3 is 0 Å². The first-order valence-electron chi connectivity index (χ1n) is 6.58. The highest BCUT2D eigenvalue weighted by molar-refractivity contribution is 5.69. The van der Waals surface area contributed by atoms with Gasteiger partial charge in [0.2, 0.25) is 0 Å². The van der Waals surface area contributed by atoms with E-state index in [1.165, 1.54) is 12.1 Å². The molecule has 0 fully saturated rings. The van der Waals surface area contributed by atoms with E-state index in [1.807, 2.05) is 0 Å². The zero-order valence-electron chi connectivity index (χ0n) is 11.6. The van der Waals surface area contributed by atoms with Crippen molar-refractivity contribution in [2.45, 2.75) is 20.3 Å². The molecule has 0 heterocycles. The van der Waals surface area contributed by atoms with Crippen LogP contribution in [-0.4, -0.2) is 36.0 Å². The number of nitro benzene ring substituents is 1. The van der Waals surface area contributed by atoms with Gasteiger partial charge in [0.1, 0.15) is 0 Å². The molecule has 6 heteroatoms. The number of anilines is 2. The summed E-state index contributed by atoms with van der Waals surface area (Å²) in [5, 5.41) is 13.8. The predicted octanol–water partition coefficient (Wildman–Crippen LogP) is 2.32. The van der Waals surface area contributed by atoms with Crippen molar-refractivity contribution in [3.05, 3.63) is 28.3 Å². The number of hydrogen-bond donors (Lipinski definition) is 2. The summed E-state index contributed by atoms with van der Waals surface area (Å²) in [4.78, 5) is 12.5. The average Bonchev–Trinajstić information content (AvgIpc) is 2.39. The molecule has 0 saturated heterocycles. The number of nitrogens with two attached hydrogens (primary N) is 1. The summed E-state index contributed by atoms with van der Waals surface area (Å²) in [6.45, 7) is 8.09. The second kappa shape index (κ2) is 7.58. The van der Waals surface area contributed by atoms with Crippen LogP contribution in [0.5, 0.6) is 0 Å². The second-order valence-corrected chi connectivity index (χ2v) is 4.39. The molecule has 0 atom stereocenters. The van der Waals surface area contributed by atoms with Crippen LogP contribution < -0.4 is 11.1 Å². The van der Waals surface area contributed by atoms with Gasteiger partial charge in [-0.3, -0.25) is 10.1 Å². The van der Waals surface area contributed by atoms with Crippen molar-refractivity contribution in [2.24, 2.45) is 0 Å². The Morgan fingerprint density at radius 2 is 2.11 bits per heavy atom. The molecule has 0 bridgehead atoms. The topological polar surface area (TPSA) is 84.4 Å². The maximum atomic E-state index is 10.6. The Morgan fingerprint density at radius 1 is 1.37 bits per heavy atom. The van der Waals surface area contributed by atoms with Crippen LogP contribution in [0.25, 0.3) is 0 Å². The van der Waals surface area contributed by atoms with E-state index in [0.29, 0.717) is 5.69 Å². The van der Waals surface area contributed by atoms with Crippen LogP contribution in [0.15, 0.2) is 18.2 Å². The van der Waals surface area contributed by atoms with Crippen LogP contribution in [0.4, 0.5) is 17.1 Å². The van der Waals surface area contributed by atoms with Crippen molar-refractivity contribution >= 4 is 17.1 Å². The molecule has 1 rings (SSSR count). The number of nitrogen functional groups attached to an aromatic ring is 1. The summed E-state index contributed by atoms with van der Waals surface area (Å²) in [5.41, 5.74) is 6.96. The number of benzene rings is 1. The Morgan fingerprint density at radius 3 is 2.63 bits per heavy atom. The van der Waals surface area contributed by atoms with Gasteiger partial charge in [0.05, 0.1) is 16.3 Å². The molecule has 0 aliphatic carbocycles. The van der Waals surface area contributed by atoms with Crippen LogP contribution >= 0.6 is 0 Å². The number of hydrogen-bond acceptors (Lipinski definition) is 5. The molecular weight excluding hydrogens is 244 g/mol. The fourth-order valence-corrected chi connectivity index (χ4v) is 1.92. The Bertz CT molecular complexity index is 423. The molecule has 0 aliphatic rings. The Hall–Kier alpha value is -1.82. The van der Waals surface area contributed by atoms with Crippen molar-refractivity contribution in [3.8, 4) is 0 Å². The highest BCUT2D eigenvalue weighted by Crippen LogP contribution is 2.23. The first-order valence-corrected chi connectivity index (χ1v) is 6.58. The fraction of sp³-hybridized carbons (Fsp3) is 0.538. The minimum atomic E-state index is -0.444. The first-order chi connectivity index (χ1) is 9.08. The normalized spacial score (nSPS) is 10.7. The van der Waals surface area contributed by atoms with Gasteiger partial charge in [0.15, 0.2) is 0 Å². The lowest BCUT2D eigenvalue weighted by atomic mass is 10.2. The molecular formula is C13H22N4O2. The molecule has 3 N–H and O–H groups in total. The maximum Gasteiger partial charge on any atom is 0.271 e. The summed E-state index contributed by atoms with van der Waals surface area (Å²) in [5.74, 6) is 0. The van der Waals surface area contributed by atoms with E-state index in [1.54, 1.807) is 6.07 Å². The maximum absolute atomic E-state index is 10.6. The molecule has 0 radical (unpaired) electrons. The lowest BCUT2D eigenvalue weighted by Gasteiger charge is -2.20. The number of rotatable bonds is 8. The van der Waals surface area contributed by atoms with Crippen LogP contribution in [0.1, 0.15) is 20.3 Å².